The molecule has 78 heavy (non-hydrogen) atoms. The second-order valence-electron chi connectivity index (χ2n) is 18.7. The summed E-state index contributed by atoms with van der Waals surface area (Å²) in [6.45, 7) is 0. The first-order valence-electron chi connectivity index (χ1n) is 24.4. The number of benzene rings is 10. The Morgan fingerprint density at radius 1 is 0.282 bits per heavy atom. The summed E-state index contributed by atoms with van der Waals surface area (Å²) in [5.74, 6) is 0. The first-order valence-corrected chi connectivity index (χ1v) is 24.4. The summed E-state index contributed by atoms with van der Waals surface area (Å²) >= 11 is 0. The number of hydrogen-bond acceptors (Lipinski definition) is 6. The summed E-state index contributed by atoms with van der Waals surface area (Å²) < 4.78 is 50.8. The Kier molecular flexibility index (Phi) is 11.4. The Balaban J connectivity index is 1.17. The van der Waals surface area contributed by atoms with Gasteiger partial charge in [-0.25, -0.2) is 0 Å². The van der Waals surface area contributed by atoms with Crippen LogP contribution in [0.25, 0.3) is 111 Å². The minimum absolute atomic E-state index is 0.130. The molecule has 0 amide bonds. The zero-order valence-electron chi connectivity index (χ0n) is 40.8. The third-order valence-corrected chi connectivity index (χ3v) is 14.4. The second kappa shape index (κ2) is 18.8. The molecule has 12 aromatic rings. The molecule has 0 bridgehead atoms. The second-order valence-corrected chi connectivity index (χ2v) is 18.7. The number of nitriles is 6. The van der Waals surface area contributed by atoms with Gasteiger partial charge in [-0.2, -0.15) is 44.7 Å². The van der Waals surface area contributed by atoms with E-state index in [0.29, 0.717) is 50.0 Å². The van der Waals surface area contributed by atoms with Gasteiger partial charge in [0.1, 0.15) is 6.07 Å². The van der Waals surface area contributed by atoms with Gasteiger partial charge in [0.15, 0.2) is 0 Å². The molecule has 0 aliphatic carbocycles. The molecule has 0 saturated carbocycles. The van der Waals surface area contributed by atoms with E-state index in [0.717, 1.165) is 72.1 Å². The molecule has 11 heteroatoms. The number of nitrogens with zero attached hydrogens (tertiary/aromatic N) is 8. The third kappa shape index (κ3) is 8.08. The predicted molar refractivity (Wildman–Crippen MR) is 296 cm³/mol. The van der Waals surface area contributed by atoms with Gasteiger partial charge in [-0.05, 0) is 171 Å². The van der Waals surface area contributed by atoms with Crippen molar-refractivity contribution in [1.29, 1.82) is 31.6 Å². The zero-order chi connectivity index (χ0) is 53.8. The summed E-state index contributed by atoms with van der Waals surface area (Å²) in [4.78, 5) is 0. The Hall–Kier alpha value is -11.5. The lowest BCUT2D eigenvalue weighted by molar-refractivity contribution is -0.137. The molecular formula is C67H33F3N8. The van der Waals surface area contributed by atoms with Crippen molar-refractivity contribution in [1.82, 2.24) is 9.13 Å². The molecule has 0 N–H and O–H groups in total. The van der Waals surface area contributed by atoms with Crippen molar-refractivity contribution in [3.8, 4) is 103 Å². The molecule has 8 nitrogen and oxygen atoms in total. The fourth-order valence-electron chi connectivity index (χ4n) is 10.6. The molecule has 12 rings (SSSR count). The highest BCUT2D eigenvalue weighted by Crippen LogP contribution is 2.46. The first-order chi connectivity index (χ1) is 38.0. The van der Waals surface area contributed by atoms with Crippen molar-refractivity contribution in [2.75, 3.05) is 0 Å². The van der Waals surface area contributed by atoms with Crippen LogP contribution in [0.5, 0.6) is 0 Å². The molecule has 0 fully saturated rings. The van der Waals surface area contributed by atoms with Crippen LogP contribution in [0.2, 0.25) is 0 Å². The standard InChI is InChI=1S/C67H33F3N8/c68-67(69,70)60-27-44(38-75)9-22-54(60)59-33-65(77-61-23-18-49(45-10-1-40(34-71)2-11-45)28-55(61)56-29-50(19-24-62(56)77)46-12-3-41(35-72)4-13-46)53(39-76)32-66(59)78-63-25-20-51(47-14-5-42(36-73)6-15-47)30-57(63)58-31-52(21-26-64(58)78)48-16-7-43(37-74)8-17-48/h1-33H. The van der Waals surface area contributed by atoms with Crippen molar-refractivity contribution >= 4 is 43.6 Å². The number of aromatic nitrogens is 2. The van der Waals surface area contributed by atoms with E-state index >= 15 is 13.2 Å². The van der Waals surface area contributed by atoms with Crippen LogP contribution in [-0.2, 0) is 6.18 Å². The van der Waals surface area contributed by atoms with E-state index < -0.39 is 11.7 Å². The fraction of sp³-hybridized carbons (Fsp3) is 0.0149. The van der Waals surface area contributed by atoms with Gasteiger partial charge in [0, 0.05) is 27.1 Å². The third-order valence-electron chi connectivity index (χ3n) is 14.4. The van der Waals surface area contributed by atoms with Crippen LogP contribution < -0.4 is 0 Å². The van der Waals surface area contributed by atoms with Crippen molar-refractivity contribution in [2.24, 2.45) is 0 Å². The van der Waals surface area contributed by atoms with Gasteiger partial charge >= 0.3 is 6.18 Å². The Morgan fingerprint density at radius 3 is 0.897 bits per heavy atom. The molecule has 0 aliphatic rings. The largest absolute Gasteiger partial charge is 0.417 e. The van der Waals surface area contributed by atoms with Crippen molar-refractivity contribution in [2.45, 2.75) is 6.18 Å². The summed E-state index contributed by atoms with van der Waals surface area (Å²) in [6.07, 6.45) is -4.92. The van der Waals surface area contributed by atoms with Gasteiger partial charge in [0.05, 0.1) is 103 Å². The van der Waals surface area contributed by atoms with Crippen LogP contribution in [0, 0.1) is 68.0 Å². The molecule has 0 unspecified atom stereocenters. The topological polar surface area (TPSA) is 153 Å². The van der Waals surface area contributed by atoms with E-state index in [4.69, 9.17) is 0 Å². The van der Waals surface area contributed by atoms with Gasteiger partial charge in [0.2, 0.25) is 0 Å². The normalized spacial score (nSPS) is 11.2. The lowest BCUT2D eigenvalue weighted by atomic mass is 9.93. The maximum Gasteiger partial charge on any atom is 0.417 e. The van der Waals surface area contributed by atoms with Crippen LogP contribution in [0.3, 0.4) is 0 Å². The van der Waals surface area contributed by atoms with Crippen LogP contribution >= 0.6 is 0 Å². The molecule has 2 heterocycles. The van der Waals surface area contributed by atoms with Crippen molar-refractivity contribution in [3.63, 3.8) is 0 Å². The Morgan fingerprint density at radius 2 is 0.590 bits per heavy atom. The van der Waals surface area contributed by atoms with E-state index in [9.17, 15) is 31.6 Å². The Labute approximate surface area is 444 Å². The number of rotatable bonds is 7. The van der Waals surface area contributed by atoms with Gasteiger partial charge in [0.25, 0.3) is 0 Å². The molecule has 0 aliphatic heterocycles. The van der Waals surface area contributed by atoms with E-state index in [2.05, 4.69) is 30.3 Å². The van der Waals surface area contributed by atoms with Gasteiger partial charge in [-0.3, -0.25) is 0 Å². The minimum atomic E-state index is -4.92. The highest BCUT2D eigenvalue weighted by Gasteiger charge is 2.35. The maximum absolute atomic E-state index is 15.7. The highest BCUT2D eigenvalue weighted by atomic mass is 19.4. The zero-order valence-corrected chi connectivity index (χ0v) is 40.8. The van der Waals surface area contributed by atoms with E-state index in [1.54, 1.807) is 60.7 Å². The average molecular weight is 1010 g/mol. The summed E-state index contributed by atoms with van der Waals surface area (Å²) in [5, 5.41) is 62.6. The molecule has 0 atom stereocenters. The van der Waals surface area contributed by atoms with Crippen molar-refractivity contribution in [3.05, 3.63) is 239 Å². The van der Waals surface area contributed by atoms with E-state index in [1.165, 1.54) is 12.1 Å². The SMILES string of the molecule is N#Cc1ccc(-c2ccc3c(c2)c2cc(-c4ccc(C#N)cc4)ccc2n3-c2cc(-c3ccc(C#N)cc3C(F)(F)F)c(-n3c4ccc(-c5ccc(C#N)cc5)cc4c4cc(-c5ccc(C#N)cc5)ccc43)cc2C#N)cc1. The van der Waals surface area contributed by atoms with Gasteiger partial charge < -0.3 is 9.13 Å². The fourth-order valence-corrected chi connectivity index (χ4v) is 10.6. The minimum Gasteiger partial charge on any atom is -0.309 e. The number of alkyl halides is 3. The summed E-state index contributed by atoms with van der Waals surface area (Å²) in [7, 11) is 0. The van der Waals surface area contributed by atoms with Crippen LogP contribution in [0.1, 0.15) is 38.9 Å². The molecule has 0 saturated heterocycles. The highest BCUT2D eigenvalue weighted by molar-refractivity contribution is 6.14. The van der Waals surface area contributed by atoms with E-state index in [-0.39, 0.29) is 27.9 Å². The summed E-state index contributed by atoms with van der Waals surface area (Å²) in [5.41, 5.74) is 10.7. The smallest absolute Gasteiger partial charge is 0.309 e. The van der Waals surface area contributed by atoms with Crippen molar-refractivity contribution < 1.29 is 13.2 Å². The first kappa shape index (κ1) is 47.5. The Bertz CT molecular complexity index is 4520. The lowest BCUT2D eigenvalue weighted by Crippen LogP contribution is -2.10. The monoisotopic (exact) mass is 1010 g/mol. The lowest BCUT2D eigenvalue weighted by Gasteiger charge is -2.21. The summed E-state index contributed by atoms with van der Waals surface area (Å²) in [6, 6.07) is 72.0. The number of halogens is 3. The van der Waals surface area contributed by atoms with Crippen LogP contribution in [-0.4, -0.2) is 9.13 Å². The van der Waals surface area contributed by atoms with Crippen LogP contribution in [0.4, 0.5) is 13.2 Å². The molecule has 2 aromatic heterocycles. The molecule has 362 valence electrons. The average Bonchev–Trinajstić information content (AvgIpc) is 4.09. The predicted octanol–water partition coefficient (Wildman–Crippen LogP) is 16.5. The maximum atomic E-state index is 15.7. The molecule has 0 spiro atoms. The molecular weight excluding hydrogens is 974 g/mol. The quantitative estimate of drug-likeness (QED) is 0.155. The number of hydrogen-bond donors (Lipinski definition) is 0. The van der Waals surface area contributed by atoms with Gasteiger partial charge in [-0.1, -0.05) is 78.9 Å². The van der Waals surface area contributed by atoms with Crippen LogP contribution in [0.15, 0.2) is 200 Å². The molecule has 10 aromatic carbocycles. The molecule has 0 radical (unpaired) electrons. The number of fused-ring (bicyclic) bond motifs is 6. The van der Waals surface area contributed by atoms with E-state index in [1.807, 2.05) is 137 Å². The van der Waals surface area contributed by atoms with Gasteiger partial charge in [-0.15, -0.1) is 0 Å².